The highest BCUT2D eigenvalue weighted by atomic mass is 16.7. The van der Waals surface area contributed by atoms with E-state index >= 15 is 0 Å². The highest BCUT2D eigenvalue weighted by Gasteiger charge is 2.44. The maximum atomic E-state index is 13.1. The Hall–Kier alpha value is -1.85. The molecule has 0 aliphatic carbocycles. The Morgan fingerprint density at radius 1 is 0.430 bits per heavy atom. The van der Waals surface area contributed by atoms with E-state index in [0.717, 1.165) is 44.9 Å². The molecule has 9 heteroatoms. The Bertz CT molecular complexity index is 1380. The van der Waals surface area contributed by atoms with Gasteiger partial charge in [-0.05, 0) is 64.2 Å². The number of carbonyl (C=O) groups is 1. The lowest BCUT2D eigenvalue weighted by Gasteiger charge is -2.40. The molecule has 1 heterocycles. The third-order valence-corrected chi connectivity index (χ3v) is 16.4. The summed E-state index contributed by atoms with van der Waals surface area (Å²) in [6.45, 7) is 3.79. The van der Waals surface area contributed by atoms with Crippen LogP contribution in [0.1, 0.15) is 335 Å². The number of aliphatic hydroxyl groups excluding tert-OH is 5. The molecule has 0 bridgehead atoms. The number of ether oxygens (including phenoxy) is 2. The van der Waals surface area contributed by atoms with E-state index in [1.807, 2.05) is 6.08 Å². The fourth-order valence-corrected chi connectivity index (χ4v) is 11.0. The molecule has 7 atom stereocenters. The molecule has 0 spiro atoms. The van der Waals surface area contributed by atoms with Gasteiger partial charge in [0.05, 0.1) is 25.4 Å². The minimum absolute atomic E-state index is 0.181. The minimum atomic E-state index is -1.57. The molecule has 0 saturated carbocycles. The Morgan fingerprint density at radius 2 is 0.759 bits per heavy atom. The van der Waals surface area contributed by atoms with Gasteiger partial charge in [0, 0.05) is 6.42 Å². The van der Waals surface area contributed by atoms with Crippen LogP contribution in [0.3, 0.4) is 0 Å². The van der Waals surface area contributed by atoms with Crippen molar-refractivity contribution in [1.82, 2.24) is 5.32 Å². The molecule has 1 aliphatic rings. The largest absolute Gasteiger partial charge is 0.394 e. The average molecular weight is 1110 g/mol. The highest BCUT2D eigenvalue weighted by Crippen LogP contribution is 2.23. The van der Waals surface area contributed by atoms with Gasteiger partial charge in [-0.1, -0.05) is 313 Å². The van der Waals surface area contributed by atoms with Crippen LogP contribution in [0, 0.1) is 0 Å². The second kappa shape index (κ2) is 59.3. The summed E-state index contributed by atoms with van der Waals surface area (Å²) in [6.07, 6.45) is 73.6. The van der Waals surface area contributed by atoms with Crippen LogP contribution in [0.25, 0.3) is 0 Å². The fourth-order valence-electron chi connectivity index (χ4n) is 11.0. The van der Waals surface area contributed by atoms with Crippen LogP contribution in [0.2, 0.25) is 0 Å². The molecule has 0 aromatic rings. The lowest BCUT2D eigenvalue weighted by atomic mass is 9.99. The van der Waals surface area contributed by atoms with Gasteiger partial charge in [-0.25, -0.2) is 0 Å². The van der Waals surface area contributed by atoms with Gasteiger partial charge >= 0.3 is 0 Å². The zero-order valence-electron chi connectivity index (χ0n) is 51.9. The Kier molecular flexibility index (Phi) is 56.4. The predicted octanol–water partition coefficient (Wildman–Crippen LogP) is 18.4. The molecule has 0 aromatic carbocycles. The van der Waals surface area contributed by atoms with Crippen molar-refractivity contribution in [2.45, 2.75) is 378 Å². The number of amides is 1. The van der Waals surface area contributed by atoms with Crippen LogP contribution < -0.4 is 5.32 Å². The Balaban J connectivity index is 2.11. The van der Waals surface area contributed by atoms with Crippen molar-refractivity contribution >= 4 is 5.91 Å². The maximum absolute atomic E-state index is 13.1. The van der Waals surface area contributed by atoms with Crippen molar-refractivity contribution in [3.05, 3.63) is 48.6 Å². The van der Waals surface area contributed by atoms with E-state index in [2.05, 4.69) is 55.6 Å². The van der Waals surface area contributed by atoms with Crippen LogP contribution in [-0.2, 0) is 14.3 Å². The molecule has 1 rings (SSSR count). The van der Waals surface area contributed by atoms with Crippen LogP contribution in [0.15, 0.2) is 48.6 Å². The van der Waals surface area contributed by atoms with Crippen LogP contribution >= 0.6 is 0 Å². The van der Waals surface area contributed by atoms with Crippen molar-refractivity contribution in [3.63, 3.8) is 0 Å². The summed E-state index contributed by atoms with van der Waals surface area (Å²) in [6, 6.07) is -0.822. The molecule has 6 N–H and O–H groups in total. The summed E-state index contributed by atoms with van der Waals surface area (Å²) in [4.78, 5) is 13.1. The number of nitrogens with one attached hydrogen (secondary N) is 1. The van der Waals surface area contributed by atoms with Crippen molar-refractivity contribution < 1.29 is 39.8 Å². The van der Waals surface area contributed by atoms with Gasteiger partial charge in [-0.15, -0.1) is 0 Å². The number of unbranched alkanes of at least 4 members (excludes halogenated alkanes) is 44. The first kappa shape index (κ1) is 75.2. The molecule has 1 amide bonds. The van der Waals surface area contributed by atoms with E-state index in [0.29, 0.717) is 6.42 Å². The first-order valence-corrected chi connectivity index (χ1v) is 34.4. The minimum Gasteiger partial charge on any atom is -0.394 e. The van der Waals surface area contributed by atoms with E-state index in [9.17, 15) is 30.3 Å². The molecular formula is C70H131NO8. The van der Waals surface area contributed by atoms with Gasteiger partial charge in [0.25, 0.3) is 0 Å². The van der Waals surface area contributed by atoms with Gasteiger partial charge in [0.2, 0.25) is 5.91 Å². The molecule has 7 unspecified atom stereocenters. The molecule has 1 aliphatic heterocycles. The van der Waals surface area contributed by atoms with Crippen molar-refractivity contribution in [3.8, 4) is 0 Å². The lowest BCUT2D eigenvalue weighted by Crippen LogP contribution is -2.60. The smallest absolute Gasteiger partial charge is 0.220 e. The number of hydrogen-bond donors (Lipinski definition) is 6. The first-order chi connectivity index (χ1) is 38.8. The number of rotatable bonds is 60. The third kappa shape index (κ3) is 48.3. The zero-order valence-corrected chi connectivity index (χ0v) is 51.9. The van der Waals surface area contributed by atoms with Gasteiger partial charge in [-0.2, -0.15) is 0 Å². The summed E-state index contributed by atoms with van der Waals surface area (Å²) in [5.41, 5.74) is 0. The highest BCUT2D eigenvalue weighted by molar-refractivity contribution is 5.76. The quantitative estimate of drug-likeness (QED) is 0.0261. The van der Waals surface area contributed by atoms with Gasteiger partial charge in [-0.3, -0.25) is 4.79 Å². The molecule has 464 valence electrons. The maximum Gasteiger partial charge on any atom is 0.220 e. The molecule has 0 radical (unpaired) electrons. The SMILES string of the molecule is CCCCCCC/C=C\C/C=C\CCCCCCCCCCCCCCCCCCCCCCCCCC(=O)NC(COC1OC(CO)C(O)C(O)C1O)C(O)/C=C/CC/C=C/CCCCCCCCCCCCCCCCC. The second-order valence-corrected chi connectivity index (χ2v) is 24.0. The molecule has 1 saturated heterocycles. The van der Waals surface area contributed by atoms with Gasteiger partial charge < -0.3 is 40.3 Å². The standard InChI is InChI=1S/C70H131NO8/c1-3-5-7-9-11-13-15-17-19-21-23-25-26-27-28-29-30-31-32-33-34-35-36-37-38-40-42-44-46-48-50-52-54-56-58-60-66(74)71-63(62-78-70-69(77)68(76)67(75)65(61-72)79-70)64(73)59-57-55-53-51-49-47-45-43-41-39-24-22-20-18-16-14-12-10-8-6-4-2/h15,17,21,23,49,51,57,59,63-65,67-70,72-73,75-77H,3-14,16,18-20,22,24-48,50,52-56,58,60-62H2,1-2H3,(H,71,74)/b17-15-,23-21-,51-49+,59-57+. The average Bonchev–Trinajstić information content (AvgIpc) is 3.47. The zero-order chi connectivity index (χ0) is 57.2. The van der Waals surface area contributed by atoms with Crippen LogP contribution in [0.5, 0.6) is 0 Å². The summed E-state index contributed by atoms with van der Waals surface area (Å²) in [7, 11) is 0. The lowest BCUT2D eigenvalue weighted by molar-refractivity contribution is -0.302. The number of allylic oxidation sites excluding steroid dienone is 7. The molecule has 9 nitrogen and oxygen atoms in total. The van der Waals surface area contributed by atoms with E-state index in [1.54, 1.807) is 6.08 Å². The Labute approximate surface area is 488 Å². The van der Waals surface area contributed by atoms with E-state index in [1.165, 1.54) is 270 Å². The molecular weight excluding hydrogens is 983 g/mol. The molecule has 79 heavy (non-hydrogen) atoms. The van der Waals surface area contributed by atoms with Gasteiger partial charge in [0.1, 0.15) is 24.4 Å². The summed E-state index contributed by atoms with van der Waals surface area (Å²) < 4.78 is 11.3. The topological polar surface area (TPSA) is 149 Å². The molecule has 1 fully saturated rings. The van der Waals surface area contributed by atoms with E-state index in [-0.39, 0.29) is 12.5 Å². The first-order valence-electron chi connectivity index (χ1n) is 34.4. The second-order valence-electron chi connectivity index (χ2n) is 24.0. The van der Waals surface area contributed by atoms with E-state index in [4.69, 9.17) is 9.47 Å². The fraction of sp³-hybridized carbons (Fsp3) is 0.871. The predicted molar refractivity (Wildman–Crippen MR) is 336 cm³/mol. The summed E-state index contributed by atoms with van der Waals surface area (Å²) >= 11 is 0. The van der Waals surface area contributed by atoms with Gasteiger partial charge in [0.15, 0.2) is 6.29 Å². The van der Waals surface area contributed by atoms with Crippen molar-refractivity contribution in [1.29, 1.82) is 0 Å². The monoisotopic (exact) mass is 1110 g/mol. The van der Waals surface area contributed by atoms with E-state index < -0.39 is 49.5 Å². The number of aliphatic hydroxyl groups is 5. The number of carbonyl (C=O) groups excluding carboxylic acids is 1. The van der Waals surface area contributed by atoms with Crippen LogP contribution in [0.4, 0.5) is 0 Å². The van der Waals surface area contributed by atoms with Crippen molar-refractivity contribution in [2.75, 3.05) is 13.2 Å². The Morgan fingerprint density at radius 3 is 1.14 bits per heavy atom. The normalized spacial score (nSPS) is 18.8. The molecule has 0 aromatic heterocycles. The van der Waals surface area contributed by atoms with Crippen molar-refractivity contribution in [2.24, 2.45) is 0 Å². The number of hydrogen-bond acceptors (Lipinski definition) is 8. The third-order valence-electron chi connectivity index (χ3n) is 16.4. The summed E-state index contributed by atoms with van der Waals surface area (Å²) in [5, 5.41) is 54.7. The van der Waals surface area contributed by atoms with Crippen LogP contribution in [-0.4, -0.2) is 87.5 Å². The summed E-state index contributed by atoms with van der Waals surface area (Å²) in [5.74, 6) is -0.181.